The zero-order valence-corrected chi connectivity index (χ0v) is 15.6. The fraction of sp³-hybridized carbons (Fsp3) is 0.412. The van der Waals surface area contributed by atoms with Gasteiger partial charge in [0.1, 0.15) is 5.76 Å². The van der Waals surface area contributed by atoms with Gasteiger partial charge in [-0.25, -0.2) is 4.79 Å². The van der Waals surface area contributed by atoms with Gasteiger partial charge in [0.25, 0.3) is 5.91 Å². The van der Waals surface area contributed by atoms with Crippen LogP contribution in [0, 0.1) is 0 Å². The minimum atomic E-state index is -4.61. The van der Waals surface area contributed by atoms with Crippen LogP contribution in [0.4, 0.5) is 13.2 Å². The van der Waals surface area contributed by atoms with Crippen molar-refractivity contribution in [3.63, 3.8) is 0 Å². The molecule has 5 nitrogen and oxygen atoms in total. The van der Waals surface area contributed by atoms with E-state index in [-0.39, 0.29) is 40.9 Å². The van der Waals surface area contributed by atoms with E-state index in [1.165, 1.54) is 11.0 Å². The van der Waals surface area contributed by atoms with Gasteiger partial charge in [0.15, 0.2) is 0 Å². The summed E-state index contributed by atoms with van der Waals surface area (Å²) in [4.78, 5) is 25.7. The van der Waals surface area contributed by atoms with Crippen LogP contribution < -0.4 is 0 Å². The fourth-order valence-corrected chi connectivity index (χ4v) is 3.14. The van der Waals surface area contributed by atoms with Crippen molar-refractivity contribution < 1.29 is 32.6 Å². The first-order chi connectivity index (χ1) is 12.1. The third-order valence-electron chi connectivity index (χ3n) is 4.00. The Bertz CT molecular complexity index is 761. The zero-order chi connectivity index (χ0) is 19.6. The highest BCUT2D eigenvalue weighted by atomic mass is 79.9. The second-order valence-electron chi connectivity index (χ2n) is 5.82. The second kappa shape index (κ2) is 7.69. The second-order valence-corrected chi connectivity index (χ2v) is 6.68. The number of carbonyl (C=O) groups is 2. The molecule has 1 aromatic rings. The quantitative estimate of drug-likeness (QED) is 0.726. The molecule has 142 valence electrons. The van der Waals surface area contributed by atoms with E-state index in [1.807, 2.05) is 0 Å². The van der Waals surface area contributed by atoms with Crippen LogP contribution in [-0.2, 0) is 15.7 Å². The molecule has 0 fully saturated rings. The lowest BCUT2D eigenvalue weighted by Crippen LogP contribution is -2.44. The number of halogens is 4. The predicted octanol–water partition coefficient (Wildman–Crippen LogP) is 4.08. The first-order valence-corrected chi connectivity index (χ1v) is 8.61. The van der Waals surface area contributed by atoms with Gasteiger partial charge in [-0.2, -0.15) is 13.2 Å². The molecule has 1 N–H and O–H groups in total. The van der Waals surface area contributed by atoms with Gasteiger partial charge in [-0.05, 0) is 32.0 Å². The molecule has 1 aromatic carbocycles. The van der Waals surface area contributed by atoms with E-state index in [4.69, 9.17) is 4.74 Å². The number of carbonyl (C=O) groups excluding carboxylic acids is 2. The minimum Gasteiger partial charge on any atom is -0.510 e. The molecule has 0 radical (unpaired) electrons. The number of benzene rings is 1. The summed E-state index contributed by atoms with van der Waals surface area (Å²) in [6, 6.07) is 2.71. The maximum atomic E-state index is 13.0. The maximum absolute atomic E-state index is 13.0. The first-order valence-electron chi connectivity index (χ1n) is 7.82. The van der Waals surface area contributed by atoms with Gasteiger partial charge in [-0.1, -0.05) is 15.9 Å². The van der Waals surface area contributed by atoms with Gasteiger partial charge in [-0.3, -0.25) is 4.79 Å². The van der Waals surface area contributed by atoms with Gasteiger partial charge in [0, 0.05) is 22.5 Å². The highest BCUT2D eigenvalue weighted by Gasteiger charge is 2.36. The molecule has 2 rings (SSSR count). The Morgan fingerprint density at radius 2 is 2.04 bits per heavy atom. The van der Waals surface area contributed by atoms with Gasteiger partial charge in [0.2, 0.25) is 0 Å². The van der Waals surface area contributed by atoms with Crippen LogP contribution >= 0.6 is 15.9 Å². The molecule has 9 heteroatoms. The van der Waals surface area contributed by atoms with Crippen molar-refractivity contribution in [3.8, 4) is 0 Å². The van der Waals surface area contributed by atoms with Crippen molar-refractivity contribution in [1.82, 2.24) is 4.90 Å². The lowest BCUT2D eigenvalue weighted by Gasteiger charge is -2.34. The van der Waals surface area contributed by atoms with Crippen LogP contribution in [0.25, 0.3) is 0 Å². The van der Waals surface area contributed by atoms with Crippen LogP contribution in [0.15, 0.2) is 34.0 Å². The summed E-state index contributed by atoms with van der Waals surface area (Å²) in [6.07, 6.45) is -4.55. The van der Waals surface area contributed by atoms with Crippen molar-refractivity contribution in [1.29, 1.82) is 0 Å². The summed E-state index contributed by atoms with van der Waals surface area (Å²) in [6.45, 7) is 3.15. The minimum absolute atomic E-state index is 0.0546. The van der Waals surface area contributed by atoms with Crippen LogP contribution in [0.1, 0.15) is 36.2 Å². The molecule has 0 saturated carbocycles. The van der Waals surface area contributed by atoms with Gasteiger partial charge in [-0.15, -0.1) is 0 Å². The van der Waals surface area contributed by atoms with E-state index in [0.29, 0.717) is 0 Å². The number of amides is 1. The molecule has 0 saturated heterocycles. The highest BCUT2D eigenvalue weighted by Crippen LogP contribution is 2.36. The molecule has 1 aliphatic heterocycles. The van der Waals surface area contributed by atoms with Crippen LogP contribution in [-0.4, -0.2) is 41.1 Å². The third-order valence-corrected chi connectivity index (χ3v) is 4.69. The number of hydrogen-bond donors (Lipinski definition) is 1. The number of alkyl halides is 3. The van der Waals surface area contributed by atoms with Crippen molar-refractivity contribution in [2.75, 3.05) is 13.2 Å². The summed E-state index contributed by atoms with van der Waals surface area (Å²) < 4.78 is 43.8. The van der Waals surface area contributed by atoms with Gasteiger partial charge >= 0.3 is 12.1 Å². The summed E-state index contributed by atoms with van der Waals surface area (Å²) in [5.41, 5.74) is -1.03. The summed E-state index contributed by atoms with van der Waals surface area (Å²) in [7, 11) is 0. The maximum Gasteiger partial charge on any atom is 0.417 e. The number of nitrogens with zero attached hydrogens (tertiary/aromatic N) is 1. The van der Waals surface area contributed by atoms with E-state index in [9.17, 15) is 27.9 Å². The smallest absolute Gasteiger partial charge is 0.417 e. The first kappa shape index (κ1) is 20.3. The molecular weight excluding hydrogens is 419 g/mol. The number of esters is 1. The van der Waals surface area contributed by atoms with E-state index in [2.05, 4.69) is 15.9 Å². The molecule has 0 unspecified atom stereocenters. The average Bonchev–Trinajstić information content (AvgIpc) is 2.55. The summed E-state index contributed by atoms with van der Waals surface area (Å²) in [5.74, 6) is -1.64. The lowest BCUT2D eigenvalue weighted by atomic mass is 9.98. The predicted molar refractivity (Wildman–Crippen MR) is 90.5 cm³/mol. The zero-order valence-electron chi connectivity index (χ0n) is 14.1. The molecule has 1 atom stereocenters. The Labute approximate surface area is 156 Å². The normalized spacial score (nSPS) is 18.1. The van der Waals surface area contributed by atoms with Crippen molar-refractivity contribution in [2.45, 2.75) is 32.5 Å². The fourth-order valence-electron chi connectivity index (χ4n) is 2.67. The van der Waals surface area contributed by atoms with E-state index in [0.717, 1.165) is 12.1 Å². The molecule has 0 aliphatic carbocycles. The van der Waals surface area contributed by atoms with Crippen molar-refractivity contribution in [2.24, 2.45) is 0 Å². The lowest BCUT2D eigenvalue weighted by molar-refractivity contribution is -0.139. The Kier molecular flexibility index (Phi) is 6.00. The highest BCUT2D eigenvalue weighted by molar-refractivity contribution is 9.10. The van der Waals surface area contributed by atoms with E-state index < -0.39 is 29.7 Å². The topological polar surface area (TPSA) is 66.8 Å². The summed E-state index contributed by atoms with van der Waals surface area (Å²) >= 11 is 2.83. The van der Waals surface area contributed by atoms with Gasteiger partial charge in [0.05, 0.1) is 24.3 Å². The standard InChI is InChI=1S/C17H17BrF3NO4/c1-3-26-16(25)11-6-9(2)22(8-14(11)23)15(24)10-4-5-13(18)12(7-10)17(19,20)21/h4-5,7,9,23H,3,6,8H2,1-2H3/t9-/m1/s1. The number of aliphatic hydroxyl groups is 1. The molecular formula is C17H17BrF3NO4. The van der Waals surface area contributed by atoms with Crippen molar-refractivity contribution >= 4 is 27.8 Å². The van der Waals surface area contributed by atoms with Crippen LogP contribution in [0.5, 0.6) is 0 Å². The summed E-state index contributed by atoms with van der Waals surface area (Å²) in [5, 5.41) is 10.1. The molecule has 0 spiro atoms. The number of hydrogen-bond acceptors (Lipinski definition) is 4. The number of rotatable bonds is 3. The van der Waals surface area contributed by atoms with Crippen LogP contribution in [0.3, 0.4) is 0 Å². The molecule has 0 aromatic heterocycles. The van der Waals surface area contributed by atoms with E-state index >= 15 is 0 Å². The third kappa shape index (κ3) is 4.20. The largest absolute Gasteiger partial charge is 0.510 e. The Morgan fingerprint density at radius 3 is 2.62 bits per heavy atom. The van der Waals surface area contributed by atoms with Gasteiger partial charge < -0.3 is 14.7 Å². The average molecular weight is 436 g/mol. The Morgan fingerprint density at radius 1 is 1.38 bits per heavy atom. The molecule has 1 amide bonds. The van der Waals surface area contributed by atoms with Crippen molar-refractivity contribution in [3.05, 3.63) is 45.1 Å². The molecule has 0 bridgehead atoms. The molecule has 1 heterocycles. The van der Waals surface area contributed by atoms with E-state index in [1.54, 1.807) is 13.8 Å². The Hall–Kier alpha value is -2.03. The molecule has 26 heavy (non-hydrogen) atoms. The molecule has 1 aliphatic rings. The SMILES string of the molecule is CCOC(=O)C1=C(O)CN(C(=O)c2ccc(Br)c(C(F)(F)F)c2)[C@H](C)C1. The Balaban J connectivity index is 2.30. The van der Waals surface area contributed by atoms with Crippen LogP contribution in [0.2, 0.25) is 0 Å². The number of ether oxygens (including phenoxy) is 1. The number of aliphatic hydroxyl groups excluding tert-OH is 1. The monoisotopic (exact) mass is 435 g/mol.